The van der Waals surface area contributed by atoms with E-state index in [1.54, 1.807) is 34.2 Å². The highest BCUT2D eigenvalue weighted by atomic mass is 16.4. The average Bonchev–Trinajstić information content (AvgIpc) is 3.04. The molecule has 23 heavy (non-hydrogen) atoms. The third-order valence-corrected chi connectivity index (χ3v) is 4.04. The molecule has 0 spiro atoms. The number of pyridine rings is 1. The molecule has 0 radical (unpaired) electrons. The molecule has 7 nitrogen and oxygen atoms in total. The molecule has 120 valence electrons. The summed E-state index contributed by atoms with van der Waals surface area (Å²) >= 11 is 0. The molecule has 2 aromatic rings. The number of carboxylic acids is 1. The Labute approximate surface area is 133 Å². The number of aromatic nitrogens is 3. The van der Waals surface area contributed by atoms with Crippen molar-refractivity contribution >= 4 is 11.9 Å². The standard InChI is InChI=1S/C16H18N4O3/c1-11-5-12(16(22)23)9-19(8-11)15(21)13-6-18-20(10-13)14-3-2-4-17-7-14/h2-4,6-7,10-12H,5,8-9H2,1H3,(H,22,23). The molecule has 3 heterocycles. The monoisotopic (exact) mass is 314 g/mol. The third-order valence-electron chi connectivity index (χ3n) is 4.04. The highest BCUT2D eigenvalue weighted by Crippen LogP contribution is 2.23. The summed E-state index contributed by atoms with van der Waals surface area (Å²) < 4.78 is 1.59. The first-order valence-corrected chi connectivity index (χ1v) is 7.51. The Kier molecular flexibility index (Phi) is 4.10. The minimum absolute atomic E-state index is 0.169. The van der Waals surface area contributed by atoms with E-state index in [1.165, 1.54) is 6.20 Å². The fraction of sp³-hybridized carbons (Fsp3) is 0.375. The van der Waals surface area contributed by atoms with Gasteiger partial charge in [-0.15, -0.1) is 0 Å². The van der Waals surface area contributed by atoms with Crippen LogP contribution >= 0.6 is 0 Å². The molecule has 2 atom stereocenters. The van der Waals surface area contributed by atoms with Gasteiger partial charge in [0, 0.05) is 25.5 Å². The van der Waals surface area contributed by atoms with Gasteiger partial charge in [0.05, 0.1) is 29.6 Å². The normalized spacial score (nSPS) is 21.2. The molecule has 0 aromatic carbocycles. The molecule has 1 fully saturated rings. The zero-order valence-corrected chi connectivity index (χ0v) is 12.8. The summed E-state index contributed by atoms with van der Waals surface area (Å²) in [6.07, 6.45) is 7.08. The van der Waals surface area contributed by atoms with Gasteiger partial charge in [0.15, 0.2) is 0 Å². The highest BCUT2D eigenvalue weighted by Gasteiger charge is 2.32. The van der Waals surface area contributed by atoms with Crippen LogP contribution in [0.1, 0.15) is 23.7 Å². The summed E-state index contributed by atoms with van der Waals surface area (Å²) in [7, 11) is 0. The molecule has 3 rings (SSSR count). The first-order valence-electron chi connectivity index (χ1n) is 7.51. The topological polar surface area (TPSA) is 88.3 Å². The minimum Gasteiger partial charge on any atom is -0.481 e. The van der Waals surface area contributed by atoms with Crippen molar-refractivity contribution in [1.82, 2.24) is 19.7 Å². The lowest BCUT2D eigenvalue weighted by Crippen LogP contribution is -2.45. The van der Waals surface area contributed by atoms with Gasteiger partial charge in [0.25, 0.3) is 5.91 Å². The van der Waals surface area contributed by atoms with Crippen LogP contribution in [-0.4, -0.2) is 49.7 Å². The number of likely N-dealkylation sites (tertiary alicyclic amines) is 1. The Morgan fingerprint density at radius 3 is 2.83 bits per heavy atom. The van der Waals surface area contributed by atoms with Crippen molar-refractivity contribution in [2.24, 2.45) is 11.8 Å². The number of hydrogen-bond donors (Lipinski definition) is 1. The summed E-state index contributed by atoms with van der Waals surface area (Å²) in [6.45, 7) is 2.78. The van der Waals surface area contributed by atoms with Crippen molar-refractivity contribution in [3.63, 3.8) is 0 Å². The molecule has 1 aliphatic rings. The summed E-state index contributed by atoms with van der Waals surface area (Å²) in [5.41, 5.74) is 1.22. The predicted molar refractivity (Wildman–Crippen MR) is 82.2 cm³/mol. The number of carbonyl (C=O) groups is 2. The van der Waals surface area contributed by atoms with Gasteiger partial charge in [0.2, 0.25) is 0 Å². The quantitative estimate of drug-likeness (QED) is 0.926. The molecule has 1 N–H and O–H groups in total. The summed E-state index contributed by atoms with van der Waals surface area (Å²) in [6, 6.07) is 3.64. The molecule has 0 aliphatic carbocycles. The maximum atomic E-state index is 12.6. The summed E-state index contributed by atoms with van der Waals surface area (Å²) in [4.78, 5) is 29.5. The molecule has 1 aliphatic heterocycles. The predicted octanol–water partition coefficient (Wildman–Crippen LogP) is 1.45. The molecule has 2 unspecified atom stereocenters. The van der Waals surface area contributed by atoms with Gasteiger partial charge in [-0.3, -0.25) is 14.6 Å². The average molecular weight is 314 g/mol. The summed E-state index contributed by atoms with van der Waals surface area (Å²) in [5.74, 6) is -1.36. The van der Waals surface area contributed by atoms with Crippen LogP contribution < -0.4 is 0 Å². The second kappa shape index (κ2) is 6.20. The van der Waals surface area contributed by atoms with Crippen LogP contribution in [-0.2, 0) is 4.79 Å². The van der Waals surface area contributed by atoms with Gasteiger partial charge in [-0.2, -0.15) is 5.10 Å². The Bertz CT molecular complexity index is 713. The number of nitrogens with zero attached hydrogens (tertiary/aromatic N) is 4. The van der Waals surface area contributed by atoms with Gasteiger partial charge in [-0.05, 0) is 24.5 Å². The van der Waals surface area contributed by atoms with Gasteiger partial charge >= 0.3 is 5.97 Å². The fourth-order valence-corrected chi connectivity index (χ4v) is 2.94. The molecule has 0 saturated carbocycles. The first-order chi connectivity index (χ1) is 11.0. The van der Waals surface area contributed by atoms with E-state index in [0.717, 1.165) is 5.69 Å². The number of carboxylic acid groups (broad SMARTS) is 1. The number of hydrogen-bond acceptors (Lipinski definition) is 4. The number of carbonyl (C=O) groups excluding carboxylic acids is 1. The van der Waals surface area contributed by atoms with Crippen LogP contribution in [0.3, 0.4) is 0 Å². The molecule has 7 heteroatoms. The number of aliphatic carboxylic acids is 1. The van der Waals surface area contributed by atoms with Gasteiger partial charge in [-0.1, -0.05) is 6.92 Å². The fourth-order valence-electron chi connectivity index (χ4n) is 2.94. The number of rotatable bonds is 3. The van der Waals surface area contributed by atoms with Crippen LogP contribution in [0.4, 0.5) is 0 Å². The van der Waals surface area contributed by atoms with Crippen molar-refractivity contribution in [3.8, 4) is 5.69 Å². The minimum atomic E-state index is -0.847. The van der Waals surface area contributed by atoms with E-state index in [9.17, 15) is 14.7 Å². The Morgan fingerprint density at radius 2 is 2.13 bits per heavy atom. The van der Waals surface area contributed by atoms with Gasteiger partial charge < -0.3 is 10.0 Å². The lowest BCUT2D eigenvalue weighted by molar-refractivity contribution is -0.143. The Morgan fingerprint density at radius 1 is 1.30 bits per heavy atom. The zero-order valence-electron chi connectivity index (χ0n) is 12.8. The largest absolute Gasteiger partial charge is 0.481 e. The van der Waals surface area contributed by atoms with Crippen LogP contribution in [0.25, 0.3) is 5.69 Å². The van der Waals surface area contributed by atoms with E-state index in [-0.39, 0.29) is 18.4 Å². The molecule has 1 saturated heterocycles. The van der Waals surface area contributed by atoms with E-state index >= 15 is 0 Å². The zero-order chi connectivity index (χ0) is 16.4. The van der Waals surface area contributed by atoms with E-state index in [2.05, 4.69) is 10.1 Å². The smallest absolute Gasteiger partial charge is 0.308 e. The van der Waals surface area contributed by atoms with Crippen LogP contribution in [0.15, 0.2) is 36.9 Å². The van der Waals surface area contributed by atoms with Crippen molar-refractivity contribution < 1.29 is 14.7 Å². The SMILES string of the molecule is CC1CC(C(=O)O)CN(C(=O)c2cnn(-c3cccnc3)c2)C1. The molecule has 0 bridgehead atoms. The van der Waals surface area contributed by atoms with Crippen molar-refractivity contribution in [2.75, 3.05) is 13.1 Å². The van der Waals surface area contributed by atoms with Crippen LogP contribution in [0.2, 0.25) is 0 Å². The van der Waals surface area contributed by atoms with Crippen molar-refractivity contribution in [2.45, 2.75) is 13.3 Å². The van der Waals surface area contributed by atoms with Crippen molar-refractivity contribution in [3.05, 3.63) is 42.5 Å². The molecule has 1 amide bonds. The van der Waals surface area contributed by atoms with Crippen LogP contribution in [0, 0.1) is 11.8 Å². The third kappa shape index (κ3) is 3.23. The maximum Gasteiger partial charge on any atom is 0.308 e. The van der Waals surface area contributed by atoms with E-state index in [1.807, 2.05) is 13.0 Å². The molecular weight excluding hydrogens is 296 g/mol. The Balaban J connectivity index is 1.78. The number of amides is 1. The van der Waals surface area contributed by atoms with E-state index < -0.39 is 11.9 Å². The van der Waals surface area contributed by atoms with Gasteiger partial charge in [0.1, 0.15) is 0 Å². The first kappa shape index (κ1) is 15.2. The van der Waals surface area contributed by atoms with E-state index in [4.69, 9.17) is 0 Å². The van der Waals surface area contributed by atoms with Crippen molar-refractivity contribution in [1.29, 1.82) is 0 Å². The lowest BCUT2D eigenvalue weighted by atomic mass is 9.90. The molecular formula is C16H18N4O3. The number of piperidine rings is 1. The second-order valence-corrected chi connectivity index (χ2v) is 5.97. The Hall–Kier alpha value is -2.70. The maximum absolute atomic E-state index is 12.6. The summed E-state index contributed by atoms with van der Waals surface area (Å²) in [5, 5.41) is 13.4. The van der Waals surface area contributed by atoms with Gasteiger partial charge in [-0.25, -0.2) is 4.68 Å². The lowest BCUT2D eigenvalue weighted by Gasteiger charge is -2.34. The van der Waals surface area contributed by atoms with E-state index in [0.29, 0.717) is 18.5 Å². The van der Waals surface area contributed by atoms with Crippen LogP contribution in [0.5, 0.6) is 0 Å². The highest BCUT2D eigenvalue weighted by molar-refractivity contribution is 5.94. The second-order valence-electron chi connectivity index (χ2n) is 5.97. The molecule has 2 aromatic heterocycles.